The maximum atomic E-state index is 13.0. The first-order valence-corrected chi connectivity index (χ1v) is 11.1. The number of nitrogens with zero attached hydrogens (tertiary/aromatic N) is 5. The van der Waals surface area contributed by atoms with Gasteiger partial charge < -0.3 is 25.4 Å². The molecule has 0 radical (unpaired) electrons. The third-order valence-electron chi connectivity index (χ3n) is 5.46. The number of aromatic nitrogens is 4. The molecule has 0 bridgehead atoms. The molecule has 11 heteroatoms. The van der Waals surface area contributed by atoms with Crippen LogP contribution >= 0.6 is 11.6 Å². The molecule has 1 fully saturated rings. The van der Waals surface area contributed by atoms with Crippen LogP contribution in [0.4, 0.5) is 11.8 Å². The second-order valence-corrected chi connectivity index (χ2v) is 8.08. The molecule has 10 nitrogen and oxygen atoms in total. The van der Waals surface area contributed by atoms with Gasteiger partial charge in [-0.1, -0.05) is 17.7 Å². The van der Waals surface area contributed by atoms with Crippen molar-refractivity contribution >= 4 is 29.3 Å². The Morgan fingerprint density at radius 3 is 2.94 bits per heavy atom. The van der Waals surface area contributed by atoms with Gasteiger partial charge in [-0.25, -0.2) is 15.0 Å². The minimum Gasteiger partial charge on any atom is -0.495 e. The highest BCUT2D eigenvalue weighted by Crippen LogP contribution is 2.27. The molecule has 1 saturated heterocycles. The first kappa shape index (κ1) is 19.9. The van der Waals surface area contributed by atoms with Crippen LogP contribution in [0.2, 0.25) is 5.02 Å². The van der Waals surface area contributed by atoms with E-state index >= 15 is 0 Å². The van der Waals surface area contributed by atoms with Crippen molar-refractivity contribution < 1.29 is 18.8 Å². The maximum Gasteiger partial charge on any atom is 0.256 e. The number of ether oxygens (including phenoxy) is 1. The van der Waals surface area contributed by atoms with Crippen molar-refractivity contribution in [3.8, 4) is 5.75 Å². The second kappa shape index (κ2) is 11.1. The first-order valence-electron chi connectivity index (χ1n) is 12.2. The first-order chi connectivity index (χ1) is 17.7. The van der Waals surface area contributed by atoms with Crippen molar-refractivity contribution in [2.24, 2.45) is 0 Å². The van der Waals surface area contributed by atoms with Gasteiger partial charge in [0.15, 0.2) is 0 Å². The summed E-state index contributed by atoms with van der Waals surface area (Å²) in [7, 11) is -2.62. The Bertz CT molecular complexity index is 1230. The summed E-state index contributed by atoms with van der Waals surface area (Å²) in [6.45, 7) is 1.03. The molecule has 3 aromatic rings. The molecular formula is C23H26ClN7O3. The number of methoxy groups -OCH3 is 1. The number of anilines is 2. The van der Waals surface area contributed by atoms with E-state index in [1.807, 2.05) is 4.90 Å². The average Bonchev–Trinajstić information content (AvgIpc) is 3.36. The highest BCUT2D eigenvalue weighted by atomic mass is 35.5. The zero-order valence-electron chi connectivity index (χ0n) is 21.2. The summed E-state index contributed by atoms with van der Waals surface area (Å²) >= 11 is 6.21. The van der Waals surface area contributed by atoms with Crippen LogP contribution in [-0.2, 0) is 13.1 Å². The van der Waals surface area contributed by atoms with Crippen LogP contribution < -0.4 is 20.3 Å². The smallest absolute Gasteiger partial charge is 0.256 e. The Morgan fingerprint density at radius 1 is 1.32 bits per heavy atom. The zero-order chi connectivity index (χ0) is 26.4. The molecule has 1 aromatic carbocycles. The number of hydrogen-bond donors (Lipinski definition) is 3. The number of benzene rings is 1. The fourth-order valence-electron chi connectivity index (χ4n) is 3.70. The second-order valence-electron chi connectivity index (χ2n) is 7.67. The van der Waals surface area contributed by atoms with E-state index in [1.165, 1.54) is 12.3 Å². The molecule has 3 N–H and O–H groups in total. The Labute approximate surface area is 206 Å². The fraction of sp³-hybridized carbons (Fsp3) is 0.348. The van der Waals surface area contributed by atoms with E-state index in [0.717, 1.165) is 12.8 Å². The van der Waals surface area contributed by atoms with Crippen LogP contribution in [0.15, 0.2) is 42.9 Å². The minimum atomic E-state index is -2.62. The lowest BCUT2D eigenvalue weighted by Crippen LogP contribution is -2.34. The van der Waals surface area contributed by atoms with Gasteiger partial charge in [-0.3, -0.25) is 4.79 Å². The number of amides is 1. The van der Waals surface area contributed by atoms with Crippen LogP contribution in [0.3, 0.4) is 0 Å². The predicted octanol–water partition coefficient (Wildman–Crippen LogP) is 2.43. The third kappa shape index (κ3) is 5.52. The van der Waals surface area contributed by atoms with Gasteiger partial charge in [0, 0.05) is 31.7 Å². The van der Waals surface area contributed by atoms with E-state index in [4.69, 9.17) is 20.5 Å². The van der Waals surface area contributed by atoms with E-state index in [0.29, 0.717) is 29.7 Å². The minimum absolute atomic E-state index is 0.0192. The molecule has 1 aliphatic heterocycles. The van der Waals surface area contributed by atoms with Crippen molar-refractivity contribution in [3.05, 3.63) is 64.8 Å². The lowest BCUT2D eigenvalue weighted by atomic mass is 10.2. The zero-order valence-corrected chi connectivity index (χ0v) is 19.0. The largest absolute Gasteiger partial charge is 0.495 e. The number of hydrogen-bond acceptors (Lipinski definition) is 9. The normalized spacial score (nSPS) is 16.9. The predicted molar refractivity (Wildman–Crippen MR) is 128 cm³/mol. The molecule has 1 aliphatic rings. The molecule has 0 aliphatic carbocycles. The number of aliphatic hydroxyl groups is 1. The Kier molecular flexibility index (Phi) is 6.49. The van der Waals surface area contributed by atoms with Gasteiger partial charge in [0.25, 0.3) is 5.91 Å². The van der Waals surface area contributed by atoms with Gasteiger partial charge in [-0.15, -0.1) is 0 Å². The number of carbonyl (C=O) groups excluding carboxylic acids is 1. The molecule has 178 valence electrons. The van der Waals surface area contributed by atoms with Gasteiger partial charge in [0.1, 0.15) is 23.0 Å². The number of carbonyl (C=O) groups is 1. The van der Waals surface area contributed by atoms with Crippen molar-refractivity contribution in [1.82, 2.24) is 25.3 Å². The fourth-order valence-corrected chi connectivity index (χ4v) is 3.94. The van der Waals surface area contributed by atoms with Crippen LogP contribution in [0.25, 0.3) is 0 Å². The van der Waals surface area contributed by atoms with Gasteiger partial charge in [-0.05, 0) is 36.6 Å². The molecule has 1 amide bonds. The summed E-state index contributed by atoms with van der Waals surface area (Å²) < 4.78 is 26.6. The van der Waals surface area contributed by atoms with Gasteiger partial charge in [-0.2, -0.15) is 4.98 Å². The molecule has 2 aromatic heterocycles. The molecule has 3 heterocycles. The summed E-state index contributed by atoms with van der Waals surface area (Å²) in [6.07, 6.45) is 6.35. The summed E-state index contributed by atoms with van der Waals surface area (Å²) in [5.74, 6) is 0.781. The average molecular weight is 488 g/mol. The van der Waals surface area contributed by atoms with E-state index in [9.17, 15) is 9.90 Å². The van der Waals surface area contributed by atoms with Crippen LogP contribution in [-0.4, -0.2) is 57.2 Å². The monoisotopic (exact) mass is 487 g/mol. The summed E-state index contributed by atoms with van der Waals surface area (Å²) in [6, 6.07) is 6.31. The molecular weight excluding hydrogens is 459 g/mol. The Balaban J connectivity index is 1.55. The van der Waals surface area contributed by atoms with E-state index < -0.39 is 12.9 Å². The summed E-state index contributed by atoms with van der Waals surface area (Å²) in [4.78, 5) is 32.1. The van der Waals surface area contributed by atoms with Gasteiger partial charge in [0.05, 0.1) is 35.4 Å². The van der Waals surface area contributed by atoms with Crippen molar-refractivity contribution in [3.63, 3.8) is 0 Å². The van der Waals surface area contributed by atoms with Gasteiger partial charge in [0.2, 0.25) is 5.95 Å². The third-order valence-corrected chi connectivity index (χ3v) is 5.75. The Hall–Kier alpha value is -3.50. The van der Waals surface area contributed by atoms with Crippen molar-refractivity contribution in [2.75, 3.05) is 30.4 Å². The lowest BCUT2D eigenvalue weighted by Gasteiger charge is -2.24. The summed E-state index contributed by atoms with van der Waals surface area (Å²) in [5, 5.41) is 15.8. The molecule has 1 atom stereocenters. The SMILES string of the molecule is [2H][13C]([2H])([2H])Oc1ccc(CNc2nc(N3CCC[C@H]3CO)ncc2C(=O)NCc2ncccn2)cc1Cl. The summed E-state index contributed by atoms with van der Waals surface area (Å²) in [5.41, 5.74) is 0.925. The van der Waals surface area contributed by atoms with Crippen LogP contribution in [0.1, 0.15) is 38.7 Å². The Morgan fingerprint density at radius 2 is 2.18 bits per heavy atom. The van der Waals surface area contributed by atoms with Crippen LogP contribution in [0, 0.1) is 0 Å². The van der Waals surface area contributed by atoms with Crippen molar-refractivity contribution in [2.45, 2.75) is 32.0 Å². The number of nitrogens with one attached hydrogen (secondary N) is 2. The number of aliphatic hydroxyl groups excluding tert-OH is 1. The van der Waals surface area contributed by atoms with E-state index in [2.05, 4.69) is 30.6 Å². The lowest BCUT2D eigenvalue weighted by molar-refractivity contribution is 0.0950. The topological polar surface area (TPSA) is 125 Å². The molecule has 34 heavy (non-hydrogen) atoms. The molecule has 0 spiro atoms. The molecule has 0 saturated carbocycles. The quantitative estimate of drug-likeness (QED) is 0.390. The highest BCUT2D eigenvalue weighted by molar-refractivity contribution is 6.32. The van der Waals surface area contributed by atoms with Crippen LogP contribution in [0.5, 0.6) is 5.75 Å². The maximum absolute atomic E-state index is 13.0. The van der Waals surface area contributed by atoms with E-state index in [-0.39, 0.29) is 42.1 Å². The molecule has 0 unspecified atom stereocenters. The highest BCUT2D eigenvalue weighted by Gasteiger charge is 2.27. The number of halogens is 1. The van der Waals surface area contributed by atoms with Crippen molar-refractivity contribution in [1.29, 1.82) is 0 Å². The molecule has 4 rings (SSSR count). The van der Waals surface area contributed by atoms with E-state index in [1.54, 1.807) is 30.6 Å². The van der Waals surface area contributed by atoms with Gasteiger partial charge >= 0.3 is 0 Å². The standard InChI is InChI=1S/C23H26ClN7O3/c1-34-19-6-5-15(10-18(19)24)11-27-21-17(22(33)28-13-20-25-7-3-8-26-20)12-29-23(30-21)31-9-2-4-16(31)14-32/h3,5-8,10,12,16,32H,2,4,9,11,13-14H2,1H3,(H,28,33)(H,27,29,30)/t16-/m0/s1/i1+1D3. The number of rotatable bonds is 9.